The van der Waals surface area contributed by atoms with Gasteiger partial charge in [0.1, 0.15) is 11.5 Å². The molecule has 2 heterocycles. The minimum Gasteiger partial charge on any atom is -0.465 e. The van der Waals surface area contributed by atoms with E-state index in [1.165, 1.54) is 13.2 Å². The number of hydrogen-bond donors (Lipinski definition) is 2. The monoisotopic (exact) mass is 325 g/mol. The average molecular weight is 325 g/mol. The number of aryl methyl sites for hydroxylation is 1. The summed E-state index contributed by atoms with van der Waals surface area (Å²) in [5.74, 6) is 0.501. The molecule has 24 heavy (non-hydrogen) atoms. The van der Waals surface area contributed by atoms with Crippen LogP contribution in [-0.2, 0) is 4.74 Å². The van der Waals surface area contributed by atoms with Crippen molar-refractivity contribution in [3.05, 3.63) is 59.5 Å². The summed E-state index contributed by atoms with van der Waals surface area (Å²) in [5.41, 5.74) is 1.64. The Balaban J connectivity index is 1.76. The zero-order valence-electron chi connectivity index (χ0n) is 13.1. The number of H-pyrrole nitrogens is 1. The van der Waals surface area contributed by atoms with Crippen molar-refractivity contribution in [2.45, 2.75) is 6.92 Å². The lowest BCUT2D eigenvalue weighted by Gasteiger charge is -2.05. The van der Waals surface area contributed by atoms with Crippen LogP contribution in [0.3, 0.4) is 0 Å². The summed E-state index contributed by atoms with van der Waals surface area (Å²) in [5, 5.41) is 9.43. The highest BCUT2D eigenvalue weighted by molar-refractivity contribution is 6.04. The smallest absolute Gasteiger partial charge is 0.337 e. The Morgan fingerprint density at radius 3 is 2.75 bits per heavy atom. The SMILES string of the molecule is COC(=O)c1cccc(NC(=O)c2cc(-c3ccc(C)o3)[nH]n2)c1. The first kappa shape index (κ1) is 15.5. The molecule has 0 bridgehead atoms. The molecule has 0 aliphatic rings. The van der Waals surface area contributed by atoms with Gasteiger partial charge in [0.2, 0.25) is 0 Å². The van der Waals surface area contributed by atoms with E-state index >= 15 is 0 Å². The first-order valence-electron chi connectivity index (χ1n) is 7.19. The van der Waals surface area contributed by atoms with Crippen LogP contribution in [0.1, 0.15) is 26.6 Å². The number of amides is 1. The van der Waals surface area contributed by atoms with E-state index in [1.54, 1.807) is 30.3 Å². The van der Waals surface area contributed by atoms with Gasteiger partial charge in [-0.15, -0.1) is 0 Å². The number of esters is 1. The molecule has 0 unspecified atom stereocenters. The molecule has 0 atom stereocenters. The number of aromatic amines is 1. The summed E-state index contributed by atoms with van der Waals surface area (Å²) in [6, 6.07) is 11.7. The van der Waals surface area contributed by atoms with Crippen LogP contribution in [0.5, 0.6) is 0 Å². The molecular formula is C17H15N3O4. The Bertz CT molecular complexity index is 895. The number of carbonyl (C=O) groups excluding carboxylic acids is 2. The van der Waals surface area contributed by atoms with Gasteiger partial charge in [0.15, 0.2) is 11.5 Å². The number of anilines is 1. The number of carbonyl (C=O) groups is 2. The molecule has 3 aromatic rings. The lowest BCUT2D eigenvalue weighted by molar-refractivity contribution is 0.0600. The molecule has 0 fully saturated rings. The second-order valence-corrected chi connectivity index (χ2v) is 5.10. The second kappa shape index (κ2) is 6.41. The van der Waals surface area contributed by atoms with Gasteiger partial charge in [0.25, 0.3) is 5.91 Å². The predicted molar refractivity (Wildman–Crippen MR) is 86.8 cm³/mol. The number of benzene rings is 1. The van der Waals surface area contributed by atoms with E-state index in [1.807, 2.05) is 13.0 Å². The van der Waals surface area contributed by atoms with Gasteiger partial charge in [-0.25, -0.2) is 4.79 Å². The summed E-state index contributed by atoms with van der Waals surface area (Å²) in [6.45, 7) is 1.84. The summed E-state index contributed by atoms with van der Waals surface area (Å²) in [4.78, 5) is 23.8. The van der Waals surface area contributed by atoms with Crippen LogP contribution in [-0.4, -0.2) is 29.2 Å². The number of methoxy groups -OCH3 is 1. The van der Waals surface area contributed by atoms with Crippen LogP contribution in [0.25, 0.3) is 11.5 Å². The van der Waals surface area contributed by atoms with Crippen LogP contribution in [0.15, 0.2) is 46.9 Å². The summed E-state index contributed by atoms with van der Waals surface area (Å²) in [6.07, 6.45) is 0. The first-order valence-corrected chi connectivity index (χ1v) is 7.19. The standard InChI is InChI=1S/C17H15N3O4/c1-10-6-7-15(24-10)13-9-14(20-19-13)16(21)18-12-5-3-4-11(8-12)17(22)23-2/h3-9H,1-2H3,(H,18,21)(H,19,20). The van der Waals surface area contributed by atoms with E-state index in [-0.39, 0.29) is 5.69 Å². The number of nitrogens with one attached hydrogen (secondary N) is 2. The van der Waals surface area contributed by atoms with Crippen LogP contribution >= 0.6 is 0 Å². The van der Waals surface area contributed by atoms with Crippen molar-refractivity contribution < 1.29 is 18.7 Å². The molecule has 0 spiro atoms. The highest BCUT2D eigenvalue weighted by atomic mass is 16.5. The Kier molecular flexibility index (Phi) is 4.15. The lowest BCUT2D eigenvalue weighted by atomic mass is 10.2. The minimum absolute atomic E-state index is 0.211. The number of nitrogens with zero attached hydrogens (tertiary/aromatic N) is 1. The third-order valence-electron chi connectivity index (χ3n) is 3.36. The highest BCUT2D eigenvalue weighted by Crippen LogP contribution is 2.21. The third kappa shape index (κ3) is 3.19. The molecule has 1 aromatic carbocycles. The van der Waals surface area contributed by atoms with Gasteiger partial charge in [0.05, 0.1) is 12.7 Å². The molecule has 7 heteroatoms. The molecule has 0 aliphatic carbocycles. The van der Waals surface area contributed by atoms with Crippen molar-refractivity contribution in [1.29, 1.82) is 0 Å². The van der Waals surface area contributed by atoms with Crippen molar-refractivity contribution in [2.75, 3.05) is 12.4 Å². The maximum Gasteiger partial charge on any atom is 0.337 e. The molecule has 0 aliphatic heterocycles. The highest BCUT2D eigenvalue weighted by Gasteiger charge is 2.14. The van der Waals surface area contributed by atoms with Crippen LogP contribution in [0, 0.1) is 6.92 Å². The van der Waals surface area contributed by atoms with Crippen molar-refractivity contribution in [1.82, 2.24) is 10.2 Å². The van der Waals surface area contributed by atoms with Gasteiger partial charge in [-0.1, -0.05) is 6.07 Å². The maximum absolute atomic E-state index is 12.3. The van der Waals surface area contributed by atoms with Gasteiger partial charge < -0.3 is 14.5 Å². The number of furan rings is 1. The molecule has 2 N–H and O–H groups in total. The topological polar surface area (TPSA) is 97.2 Å². The fraction of sp³-hybridized carbons (Fsp3) is 0.118. The summed E-state index contributed by atoms with van der Waals surface area (Å²) >= 11 is 0. The van der Waals surface area contributed by atoms with E-state index in [2.05, 4.69) is 20.3 Å². The number of hydrogen-bond acceptors (Lipinski definition) is 5. The quantitative estimate of drug-likeness (QED) is 0.719. The van der Waals surface area contributed by atoms with Crippen LogP contribution in [0.2, 0.25) is 0 Å². The van der Waals surface area contributed by atoms with E-state index in [9.17, 15) is 9.59 Å². The molecular weight excluding hydrogens is 310 g/mol. The Morgan fingerprint density at radius 1 is 1.21 bits per heavy atom. The van der Waals surface area contributed by atoms with E-state index in [0.717, 1.165) is 5.76 Å². The Morgan fingerprint density at radius 2 is 2.04 bits per heavy atom. The lowest BCUT2D eigenvalue weighted by Crippen LogP contribution is -2.13. The van der Waals surface area contributed by atoms with Gasteiger partial charge in [-0.2, -0.15) is 5.10 Å². The van der Waals surface area contributed by atoms with Gasteiger partial charge in [-0.3, -0.25) is 9.89 Å². The predicted octanol–water partition coefficient (Wildman–Crippen LogP) is 3.02. The molecule has 7 nitrogen and oxygen atoms in total. The van der Waals surface area contributed by atoms with Crippen molar-refractivity contribution >= 4 is 17.6 Å². The van der Waals surface area contributed by atoms with Crippen LogP contribution in [0.4, 0.5) is 5.69 Å². The molecule has 2 aromatic heterocycles. The van der Waals surface area contributed by atoms with Gasteiger partial charge >= 0.3 is 5.97 Å². The largest absolute Gasteiger partial charge is 0.465 e. The minimum atomic E-state index is -0.471. The molecule has 0 radical (unpaired) electrons. The zero-order valence-corrected chi connectivity index (χ0v) is 13.1. The van der Waals surface area contributed by atoms with Gasteiger partial charge in [-0.05, 0) is 37.3 Å². The summed E-state index contributed by atoms with van der Waals surface area (Å²) < 4.78 is 10.1. The molecule has 3 rings (SSSR count). The van der Waals surface area contributed by atoms with Crippen molar-refractivity contribution in [2.24, 2.45) is 0 Å². The second-order valence-electron chi connectivity index (χ2n) is 5.10. The fourth-order valence-corrected chi connectivity index (χ4v) is 2.18. The maximum atomic E-state index is 12.3. The van der Waals surface area contributed by atoms with Gasteiger partial charge in [0, 0.05) is 11.8 Å². The van der Waals surface area contributed by atoms with Crippen molar-refractivity contribution in [3.63, 3.8) is 0 Å². The number of ether oxygens (including phenoxy) is 1. The summed E-state index contributed by atoms with van der Waals surface area (Å²) in [7, 11) is 1.30. The molecule has 0 saturated carbocycles. The molecule has 122 valence electrons. The third-order valence-corrected chi connectivity index (χ3v) is 3.36. The fourth-order valence-electron chi connectivity index (χ4n) is 2.18. The van der Waals surface area contributed by atoms with E-state index in [4.69, 9.17) is 4.42 Å². The Labute approximate surface area is 137 Å². The number of rotatable bonds is 4. The normalized spacial score (nSPS) is 10.4. The number of aromatic nitrogens is 2. The first-order chi connectivity index (χ1) is 11.6. The average Bonchev–Trinajstić information content (AvgIpc) is 3.23. The van der Waals surface area contributed by atoms with E-state index < -0.39 is 11.9 Å². The van der Waals surface area contributed by atoms with E-state index in [0.29, 0.717) is 22.7 Å². The van der Waals surface area contributed by atoms with Crippen LogP contribution < -0.4 is 5.32 Å². The zero-order chi connectivity index (χ0) is 17.1. The Hall–Kier alpha value is -3.35. The molecule has 1 amide bonds. The van der Waals surface area contributed by atoms with Crippen molar-refractivity contribution in [3.8, 4) is 11.5 Å². The molecule has 0 saturated heterocycles.